The number of carbonyl (C=O) groups is 4. The highest BCUT2D eigenvalue weighted by atomic mass is 35.5. The third-order valence-electron chi connectivity index (χ3n) is 5.13. The van der Waals surface area contributed by atoms with E-state index in [1.807, 2.05) is 0 Å². The van der Waals surface area contributed by atoms with E-state index < -0.39 is 23.8 Å². The molecule has 0 bridgehead atoms. The van der Waals surface area contributed by atoms with E-state index in [1.54, 1.807) is 60.7 Å². The van der Waals surface area contributed by atoms with Gasteiger partial charge in [0.05, 0.1) is 18.5 Å². The number of para-hydroxylation sites is 3. The number of amides is 5. The summed E-state index contributed by atoms with van der Waals surface area (Å²) in [4.78, 5) is 51.3. The summed E-state index contributed by atoms with van der Waals surface area (Å²) < 4.78 is 10.9. The molecule has 0 aromatic heterocycles. The van der Waals surface area contributed by atoms with Crippen LogP contribution in [0.1, 0.15) is 5.56 Å². The maximum Gasteiger partial charge on any atom is 0.335 e. The molecule has 1 aliphatic heterocycles. The van der Waals surface area contributed by atoms with Gasteiger partial charge in [0.25, 0.3) is 17.7 Å². The Bertz CT molecular complexity index is 1390. The first-order valence-electron chi connectivity index (χ1n) is 10.7. The predicted octanol–water partition coefficient (Wildman–Crippen LogP) is 4.03. The van der Waals surface area contributed by atoms with Crippen LogP contribution in [0.3, 0.4) is 0 Å². The zero-order chi connectivity index (χ0) is 25.7. The van der Waals surface area contributed by atoms with Gasteiger partial charge in [-0.1, -0.05) is 48.0 Å². The van der Waals surface area contributed by atoms with Crippen LogP contribution in [0.4, 0.5) is 16.2 Å². The van der Waals surface area contributed by atoms with E-state index >= 15 is 0 Å². The largest absolute Gasteiger partial charge is 0.495 e. The molecule has 182 valence electrons. The molecule has 1 fully saturated rings. The second-order valence-electron chi connectivity index (χ2n) is 7.51. The molecule has 0 spiro atoms. The number of ether oxygens (including phenoxy) is 2. The number of urea groups is 1. The SMILES string of the molecule is COc1ccccc1NC(=O)COc1ccccc1/C=C1\C(=O)NC(=O)N(c2cccc(Cl)c2)C1=O. The fourth-order valence-electron chi connectivity index (χ4n) is 3.47. The molecule has 0 atom stereocenters. The van der Waals surface area contributed by atoms with Gasteiger partial charge < -0.3 is 14.8 Å². The second kappa shape index (κ2) is 10.7. The van der Waals surface area contributed by atoms with E-state index in [-0.39, 0.29) is 23.6 Å². The molecule has 0 saturated carbocycles. The number of carbonyl (C=O) groups excluding carboxylic acids is 4. The third-order valence-corrected chi connectivity index (χ3v) is 5.36. The minimum Gasteiger partial charge on any atom is -0.495 e. The van der Waals surface area contributed by atoms with Gasteiger partial charge in [-0.25, -0.2) is 9.69 Å². The molecule has 3 aromatic carbocycles. The minimum absolute atomic E-state index is 0.209. The summed E-state index contributed by atoms with van der Waals surface area (Å²) in [5.41, 5.74) is 0.769. The summed E-state index contributed by atoms with van der Waals surface area (Å²) >= 11 is 6.00. The smallest absolute Gasteiger partial charge is 0.335 e. The van der Waals surface area contributed by atoms with Crippen LogP contribution in [0.25, 0.3) is 6.08 Å². The van der Waals surface area contributed by atoms with Gasteiger partial charge in [0.1, 0.15) is 17.1 Å². The molecule has 3 aromatic rings. The Hall–Kier alpha value is -4.63. The predicted molar refractivity (Wildman–Crippen MR) is 134 cm³/mol. The van der Waals surface area contributed by atoms with Crippen molar-refractivity contribution >= 4 is 52.8 Å². The van der Waals surface area contributed by atoms with Crippen molar-refractivity contribution in [1.29, 1.82) is 0 Å². The Balaban J connectivity index is 1.55. The number of hydrogen-bond acceptors (Lipinski definition) is 6. The lowest BCUT2D eigenvalue weighted by Crippen LogP contribution is -2.54. The summed E-state index contributed by atoms with van der Waals surface area (Å²) in [5.74, 6) is -1.36. The Morgan fingerprint density at radius 2 is 1.72 bits per heavy atom. The van der Waals surface area contributed by atoms with Gasteiger partial charge >= 0.3 is 6.03 Å². The quantitative estimate of drug-likeness (QED) is 0.370. The highest BCUT2D eigenvalue weighted by Crippen LogP contribution is 2.27. The normalized spacial score (nSPS) is 14.4. The number of benzene rings is 3. The summed E-state index contributed by atoms with van der Waals surface area (Å²) in [5, 5.41) is 5.18. The fourth-order valence-corrected chi connectivity index (χ4v) is 3.66. The van der Waals surface area contributed by atoms with E-state index in [2.05, 4.69) is 10.6 Å². The third kappa shape index (κ3) is 5.37. The number of nitrogens with one attached hydrogen (secondary N) is 2. The van der Waals surface area contributed by atoms with Crippen molar-refractivity contribution < 1.29 is 28.7 Å². The first-order valence-corrected chi connectivity index (χ1v) is 11.1. The standard InChI is InChI=1S/C26H20ClN3O6/c1-35-22-12-5-3-10-20(22)28-23(31)15-36-21-11-4-2-7-16(21)13-19-24(32)29-26(34)30(25(19)33)18-9-6-8-17(27)14-18/h2-14H,15H2,1H3,(H,28,31)(H,29,32,34)/b19-13+. The van der Waals surface area contributed by atoms with Gasteiger partial charge in [-0.2, -0.15) is 0 Å². The summed E-state index contributed by atoms with van der Waals surface area (Å²) in [6.45, 7) is -0.342. The molecule has 1 heterocycles. The lowest BCUT2D eigenvalue weighted by atomic mass is 10.1. The Morgan fingerprint density at radius 3 is 2.47 bits per heavy atom. The van der Waals surface area contributed by atoms with Crippen LogP contribution in [0, 0.1) is 0 Å². The van der Waals surface area contributed by atoms with Gasteiger partial charge in [0.2, 0.25) is 0 Å². The molecule has 0 radical (unpaired) electrons. The lowest BCUT2D eigenvalue weighted by molar-refractivity contribution is -0.122. The molecule has 4 rings (SSSR count). The average Bonchev–Trinajstić information content (AvgIpc) is 2.86. The lowest BCUT2D eigenvalue weighted by Gasteiger charge is -2.26. The molecule has 1 saturated heterocycles. The van der Waals surface area contributed by atoms with Crippen molar-refractivity contribution in [2.24, 2.45) is 0 Å². The maximum atomic E-state index is 13.1. The Labute approximate surface area is 211 Å². The van der Waals surface area contributed by atoms with E-state index in [1.165, 1.54) is 25.3 Å². The molecular formula is C26H20ClN3O6. The summed E-state index contributed by atoms with van der Waals surface area (Å²) in [7, 11) is 1.50. The maximum absolute atomic E-state index is 13.1. The van der Waals surface area contributed by atoms with Crippen LogP contribution >= 0.6 is 11.6 Å². The van der Waals surface area contributed by atoms with Crippen molar-refractivity contribution in [3.63, 3.8) is 0 Å². The highest BCUT2D eigenvalue weighted by molar-refractivity contribution is 6.39. The first kappa shape index (κ1) is 24.5. The zero-order valence-corrected chi connectivity index (χ0v) is 19.7. The monoisotopic (exact) mass is 505 g/mol. The fraction of sp³-hybridized carbons (Fsp3) is 0.0769. The topological polar surface area (TPSA) is 114 Å². The summed E-state index contributed by atoms with van der Waals surface area (Å²) in [6.07, 6.45) is 1.30. The minimum atomic E-state index is -0.887. The second-order valence-corrected chi connectivity index (χ2v) is 7.95. The van der Waals surface area contributed by atoms with Gasteiger partial charge in [-0.05, 0) is 42.5 Å². The molecule has 10 heteroatoms. The number of anilines is 2. The van der Waals surface area contributed by atoms with Gasteiger partial charge in [0, 0.05) is 10.6 Å². The van der Waals surface area contributed by atoms with Crippen LogP contribution in [0.5, 0.6) is 11.5 Å². The van der Waals surface area contributed by atoms with Crippen LogP contribution in [0.2, 0.25) is 5.02 Å². The van der Waals surface area contributed by atoms with E-state index in [9.17, 15) is 19.2 Å². The molecule has 9 nitrogen and oxygen atoms in total. The number of hydrogen-bond donors (Lipinski definition) is 2. The Kier molecular flexibility index (Phi) is 7.31. The van der Waals surface area contributed by atoms with Gasteiger partial charge in [0.15, 0.2) is 6.61 Å². The van der Waals surface area contributed by atoms with Crippen molar-refractivity contribution in [1.82, 2.24) is 5.32 Å². The Morgan fingerprint density at radius 1 is 1.00 bits per heavy atom. The molecule has 2 N–H and O–H groups in total. The van der Waals surface area contributed by atoms with Gasteiger partial charge in [-0.15, -0.1) is 0 Å². The van der Waals surface area contributed by atoms with Crippen molar-refractivity contribution in [3.05, 3.63) is 89.0 Å². The van der Waals surface area contributed by atoms with Crippen LogP contribution in [-0.2, 0) is 14.4 Å². The van der Waals surface area contributed by atoms with E-state index in [4.69, 9.17) is 21.1 Å². The molecule has 36 heavy (non-hydrogen) atoms. The number of barbiturate groups is 1. The zero-order valence-electron chi connectivity index (χ0n) is 19.0. The number of imide groups is 2. The number of methoxy groups -OCH3 is 1. The van der Waals surface area contributed by atoms with Crippen molar-refractivity contribution in [2.75, 3.05) is 23.9 Å². The molecule has 0 aliphatic carbocycles. The average molecular weight is 506 g/mol. The molecule has 0 unspecified atom stereocenters. The van der Waals surface area contributed by atoms with E-state index in [0.717, 1.165) is 4.90 Å². The van der Waals surface area contributed by atoms with Crippen LogP contribution in [-0.4, -0.2) is 37.5 Å². The number of nitrogens with zero attached hydrogens (tertiary/aromatic N) is 1. The molecular weight excluding hydrogens is 486 g/mol. The van der Waals surface area contributed by atoms with Crippen molar-refractivity contribution in [2.45, 2.75) is 0 Å². The first-order chi connectivity index (χ1) is 17.4. The number of halogens is 1. The summed E-state index contributed by atoms with van der Waals surface area (Å²) in [6, 6.07) is 18.7. The van der Waals surface area contributed by atoms with Crippen LogP contribution in [0.15, 0.2) is 78.4 Å². The van der Waals surface area contributed by atoms with E-state index in [0.29, 0.717) is 22.0 Å². The molecule has 5 amide bonds. The van der Waals surface area contributed by atoms with Crippen molar-refractivity contribution in [3.8, 4) is 11.5 Å². The van der Waals surface area contributed by atoms with Crippen LogP contribution < -0.4 is 25.0 Å². The van der Waals surface area contributed by atoms with Gasteiger partial charge in [-0.3, -0.25) is 19.7 Å². The molecule has 1 aliphatic rings. The number of rotatable bonds is 7. The highest BCUT2D eigenvalue weighted by Gasteiger charge is 2.37.